The molecule has 0 saturated carbocycles. The fraction of sp³-hybridized carbons (Fsp3) is 0.353. The maximum Gasteiger partial charge on any atom is 0.237 e. The largest absolute Gasteiger partial charge is 0.353 e. The van der Waals surface area contributed by atoms with Crippen LogP contribution in [0.5, 0.6) is 0 Å². The Kier molecular flexibility index (Phi) is 5.25. The molecule has 3 rings (SSSR count). The minimum Gasteiger partial charge on any atom is -0.353 e. The third-order valence-electron chi connectivity index (χ3n) is 3.96. The molecule has 0 spiro atoms. The Balaban J connectivity index is 1.73. The smallest absolute Gasteiger partial charge is 0.237 e. The third-order valence-corrected chi connectivity index (χ3v) is 4.54. The number of hydrogen-bond acceptors (Lipinski definition) is 5. The molecule has 1 saturated heterocycles. The summed E-state index contributed by atoms with van der Waals surface area (Å²) in [5.41, 5.74) is 2.21. The molecule has 1 aromatic heterocycles. The van der Waals surface area contributed by atoms with E-state index in [1.807, 2.05) is 36.8 Å². The van der Waals surface area contributed by atoms with E-state index in [1.54, 1.807) is 0 Å². The summed E-state index contributed by atoms with van der Waals surface area (Å²) in [6.07, 6.45) is 6.38. The van der Waals surface area contributed by atoms with Crippen molar-refractivity contribution in [3.05, 3.63) is 53.9 Å². The number of carbonyl (C=O) groups is 1. The van der Waals surface area contributed by atoms with Crippen molar-refractivity contribution in [2.75, 3.05) is 19.3 Å². The van der Waals surface area contributed by atoms with Gasteiger partial charge >= 0.3 is 0 Å². The summed E-state index contributed by atoms with van der Waals surface area (Å²) in [7, 11) is 0. The number of rotatable bonds is 5. The molecule has 2 aromatic rings. The van der Waals surface area contributed by atoms with Crippen LogP contribution in [-0.4, -0.2) is 46.2 Å². The monoisotopic (exact) mass is 328 g/mol. The summed E-state index contributed by atoms with van der Waals surface area (Å²) < 4.78 is 0. The van der Waals surface area contributed by atoms with E-state index in [0.29, 0.717) is 13.1 Å². The first kappa shape index (κ1) is 16.0. The number of amides is 1. The number of hydrogen-bond donors (Lipinski definition) is 1. The predicted octanol–water partition coefficient (Wildman–Crippen LogP) is 1.74. The molecule has 5 nitrogen and oxygen atoms in total. The highest BCUT2D eigenvalue weighted by Gasteiger charge is 2.29. The van der Waals surface area contributed by atoms with Crippen LogP contribution >= 0.6 is 11.8 Å². The molecule has 1 atom stereocenters. The van der Waals surface area contributed by atoms with Gasteiger partial charge in [-0.15, -0.1) is 0 Å². The minimum absolute atomic E-state index is 0.0988. The second kappa shape index (κ2) is 7.57. The average molecular weight is 328 g/mol. The minimum atomic E-state index is -0.147. The van der Waals surface area contributed by atoms with E-state index in [-0.39, 0.29) is 11.9 Å². The van der Waals surface area contributed by atoms with Crippen LogP contribution in [0.4, 0.5) is 0 Å². The topological polar surface area (TPSA) is 58.1 Å². The molecule has 23 heavy (non-hydrogen) atoms. The van der Waals surface area contributed by atoms with Crippen LogP contribution in [0, 0.1) is 0 Å². The SMILES string of the molecule is CSc1ncc(CN2CCNC(=O)[C@@H]2Cc2ccccc2)cn1. The highest BCUT2D eigenvalue weighted by molar-refractivity contribution is 7.98. The Hall–Kier alpha value is -1.92. The molecule has 0 bridgehead atoms. The standard InChI is InChI=1S/C17H20N4OS/c1-23-17-19-10-14(11-20-17)12-21-8-7-18-16(22)15(21)9-13-5-3-2-4-6-13/h2-6,10-11,15H,7-9,12H2,1H3,(H,18,22)/t15-/m0/s1. The first-order valence-electron chi connectivity index (χ1n) is 7.67. The van der Waals surface area contributed by atoms with Crippen molar-refractivity contribution in [2.24, 2.45) is 0 Å². The van der Waals surface area contributed by atoms with Gasteiger partial charge in [0.2, 0.25) is 5.91 Å². The van der Waals surface area contributed by atoms with Crippen molar-refractivity contribution in [2.45, 2.75) is 24.2 Å². The number of aromatic nitrogens is 2. The number of thioether (sulfide) groups is 1. The molecule has 1 amide bonds. The van der Waals surface area contributed by atoms with Gasteiger partial charge in [-0.25, -0.2) is 9.97 Å². The predicted molar refractivity (Wildman–Crippen MR) is 91.2 cm³/mol. The van der Waals surface area contributed by atoms with E-state index < -0.39 is 0 Å². The van der Waals surface area contributed by atoms with E-state index >= 15 is 0 Å². The highest BCUT2D eigenvalue weighted by Crippen LogP contribution is 2.16. The second-order valence-corrected chi connectivity index (χ2v) is 6.32. The van der Waals surface area contributed by atoms with Crippen molar-refractivity contribution in [1.29, 1.82) is 0 Å². The van der Waals surface area contributed by atoms with E-state index in [9.17, 15) is 4.79 Å². The molecule has 0 aliphatic carbocycles. The summed E-state index contributed by atoms with van der Waals surface area (Å²) >= 11 is 1.53. The number of nitrogens with one attached hydrogen (secondary N) is 1. The van der Waals surface area contributed by atoms with Gasteiger partial charge in [0, 0.05) is 37.6 Å². The molecule has 120 valence electrons. The third kappa shape index (κ3) is 4.09. The lowest BCUT2D eigenvalue weighted by molar-refractivity contribution is -0.129. The van der Waals surface area contributed by atoms with E-state index in [1.165, 1.54) is 17.3 Å². The molecule has 1 N–H and O–H groups in total. The molecule has 1 aliphatic heterocycles. The van der Waals surface area contributed by atoms with Gasteiger partial charge in [-0.1, -0.05) is 42.1 Å². The number of benzene rings is 1. The van der Waals surface area contributed by atoms with Gasteiger partial charge in [-0.3, -0.25) is 9.69 Å². The van der Waals surface area contributed by atoms with Crippen LogP contribution in [0.2, 0.25) is 0 Å². The summed E-state index contributed by atoms with van der Waals surface area (Å²) in [5.74, 6) is 0.0988. The van der Waals surface area contributed by atoms with Crippen LogP contribution in [0.3, 0.4) is 0 Å². The molecule has 1 aliphatic rings. The zero-order valence-electron chi connectivity index (χ0n) is 13.1. The average Bonchev–Trinajstić information content (AvgIpc) is 2.59. The molecule has 1 aromatic carbocycles. The van der Waals surface area contributed by atoms with Gasteiger partial charge in [-0.2, -0.15) is 0 Å². The second-order valence-electron chi connectivity index (χ2n) is 5.55. The summed E-state index contributed by atoms with van der Waals surface area (Å²) in [4.78, 5) is 23.2. The number of piperazine rings is 1. The highest BCUT2D eigenvalue weighted by atomic mass is 32.2. The lowest BCUT2D eigenvalue weighted by Crippen LogP contribution is -2.55. The lowest BCUT2D eigenvalue weighted by Gasteiger charge is -2.35. The normalized spacial score (nSPS) is 18.7. The van der Waals surface area contributed by atoms with Crippen LogP contribution in [0.25, 0.3) is 0 Å². The quantitative estimate of drug-likeness (QED) is 0.669. The van der Waals surface area contributed by atoms with Gasteiger partial charge < -0.3 is 5.32 Å². The zero-order valence-corrected chi connectivity index (χ0v) is 13.9. The first-order chi connectivity index (χ1) is 11.3. The van der Waals surface area contributed by atoms with E-state index in [0.717, 1.165) is 23.7 Å². The van der Waals surface area contributed by atoms with Crippen molar-refractivity contribution in [3.8, 4) is 0 Å². The van der Waals surface area contributed by atoms with Gasteiger partial charge in [0.15, 0.2) is 5.16 Å². The van der Waals surface area contributed by atoms with Crippen LogP contribution in [0.1, 0.15) is 11.1 Å². The molecular formula is C17H20N4OS. The number of carbonyl (C=O) groups excluding carboxylic acids is 1. The zero-order chi connectivity index (χ0) is 16.1. The van der Waals surface area contributed by atoms with Crippen molar-refractivity contribution < 1.29 is 4.79 Å². The molecule has 1 fully saturated rings. The van der Waals surface area contributed by atoms with Gasteiger partial charge in [-0.05, 0) is 18.2 Å². The van der Waals surface area contributed by atoms with E-state index in [4.69, 9.17) is 0 Å². The summed E-state index contributed by atoms with van der Waals surface area (Å²) in [5, 5.41) is 3.74. The number of nitrogens with zero attached hydrogens (tertiary/aromatic N) is 3. The van der Waals surface area contributed by atoms with Crippen molar-refractivity contribution >= 4 is 17.7 Å². The molecule has 0 unspecified atom stereocenters. The Labute approximate surface area is 140 Å². The first-order valence-corrected chi connectivity index (χ1v) is 8.89. The Morgan fingerprint density at radius 2 is 1.96 bits per heavy atom. The van der Waals surface area contributed by atoms with Crippen LogP contribution in [-0.2, 0) is 17.8 Å². The summed E-state index contributed by atoms with van der Waals surface area (Å²) in [6, 6.07) is 10.00. The van der Waals surface area contributed by atoms with Gasteiger partial charge in [0.05, 0.1) is 6.04 Å². The van der Waals surface area contributed by atoms with Gasteiger partial charge in [0.25, 0.3) is 0 Å². The lowest BCUT2D eigenvalue weighted by atomic mass is 10.0. The molecule has 2 heterocycles. The van der Waals surface area contributed by atoms with Crippen LogP contribution < -0.4 is 5.32 Å². The molecule has 0 radical (unpaired) electrons. The Bertz CT molecular complexity index is 647. The maximum atomic E-state index is 12.3. The summed E-state index contributed by atoms with van der Waals surface area (Å²) in [6.45, 7) is 2.22. The molecule has 6 heteroatoms. The van der Waals surface area contributed by atoms with Crippen LogP contribution in [0.15, 0.2) is 47.9 Å². The fourth-order valence-corrected chi connectivity index (χ4v) is 3.09. The van der Waals surface area contributed by atoms with Crippen molar-refractivity contribution in [1.82, 2.24) is 20.2 Å². The van der Waals surface area contributed by atoms with Gasteiger partial charge in [0.1, 0.15) is 0 Å². The Morgan fingerprint density at radius 1 is 1.22 bits per heavy atom. The van der Waals surface area contributed by atoms with E-state index in [2.05, 4.69) is 32.3 Å². The molecular weight excluding hydrogens is 308 g/mol. The fourth-order valence-electron chi connectivity index (χ4n) is 2.78. The van der Waals surface area contributed by atoms with Crippen molar-refractivity contribution in [3.63, 3.8) is 0 Å². The Morgan fingerprint density at radius 3 is 2.65 bits per heavy atom. The maximum absolute atomic E-state index is 12.3.